The zero-order chi connectivity index (χ0) is 11.7. The Morgan fingerprint density at radius 2 is 1.88 bits per heavy atom. The number of benzene rings is 1. The van der Waals surface area contributed by atoms with Crippen LogP contribution in [0, 0.1) is 0 Å². The average Bonchev–Trinajstić information content (AvgIpc) is 2.28. The van der Waals surface area contributed by atoms with Crippen molar-refractivity contribution in [1.29, 1.82) is 0 Å². The van der Waals surface area contributed by atoms with Gasteiger partial charge in [0.25, 0.3) is 0 Å². The average molecular weight is 278 g/mol. The Labute approximate surface area is 103 Å². The van der Waals surface area contributed by atoms with Gasteiger partial charge in [-0.05, 0) is 34.5 Å². The Kier molecular flexibility index (Phi) is 2.99. The minimum Gasteiger partial charge on any atom is -0.283 e. The molecule has 0 fully saturated rings. The van der Waals surface area contributed by atoms with Crippen LogP contribution in [-0.4, -0.2) is 10.3 Å². The zero-order valence-electron chi connectivity index (χ0n) is 8.94. The molecule has 1 aliphatic rings. The van der Waals surface area contributed by atoms with Gasteiger partial charge in [0, 0.05) is 10.0 Å². The van der Waals surface area contributed by atoms with Gasteiger partial charge in [0.2, 0.25) is 0 Å². The van der Waals surface area contributed by atoms with Crippen LogP contribution in [0.1, 0.15) is 12.5 Å². The summed E-state index contributed by atoms with van der Waals surface area (Å²) >= 11 is 3.36. The predicted molar refractivity (Wildman–Crippen MR) is 68.8 cm³/mol. The molecule has 0 aromatic heterocycles. The van der Waals surface area contributed by atoms with Crippen LogP contribution in [0.15, 0.2) is 58.7 Å². The quantitative estimate of drug-likeness (QED) is 0.841. The van der Waals surface area contributed by atoms with Crippen molar-refractivity contribution in [2.24, 2.45) is 0 Å². The van der Waals surface area contributed by atoms with Crippen molar-refractivity contribution in [1.82, 2.24) is 5.06 Å². The van der Waals surface area contributed by atoms with E-state index in [-0.39, 0.29) is 0 Å². The Morgan fingerprint density at radius 1 is 1.25 bits per heavy atom. The molecule has 0 aliphatic carbocycles. The lowest BCUT2D eigenvalue weighted by Crippen LogP contribution is -2.20. The fourth-order valence-corrected chi connectivity index (χ4v) is 2.20. The van der Waals surface area contributed by atoms with E-state index in [0.29, 0.717) is 5.70 Å². The maximum Gasteiger partial charge on any atom is 0.0795 e. The summed E-state index contributed by atoms with van der Waals surface area (Å²) in [5, 5.41) is 11.2. The van der Waals surface area contributed by atoms with Crippen LogP contribution in [0.25, 0.3) is 5.70 Å². The molecule has 82 valence electrons. The lowest BCUT2D eigenvalue weighted by molar-refractivity contribution is 0.0127. The van der Waals surface area contributed by atoms with E-state index < -0.39 is 0 Å². The highest BCUT2D eigenvalue weighted by atomic mass is 79.9. The van der Waals surface area contributed by atoms with E-state index in [1.54, 1.807) is 0 Å². The SMILES string of the molecule is C=C1C(Br)=CC(C)=C(c2ccccc2)N1O. The van der Waals surface area contributed by atoms with Crippen molar-refractivity contribution in [2.75, 3.05) is 0 Å². The van der Waals surface area contributed by atoms with Gasteiger partial charge in [0.15, 0.2) is 0 Å². The van der Waals surface area contributed by atoms with Gasteiger partial charge in [0.05, 0.1) is 11.4 Å². The summed E-state index contributed by atoms with van der Waals surface area (Å²) < 4.78 is 0.798. The van der Waals surface area contributed by atoms with Gasteiger partial charge in [-0.15, -0.1) is 0 Å². The standard InChI is InChI=1S/C13H12BrNO/c1-9-8-12(14)10(2)15(16)13(9)11-6-4-3-5-7-11/h3-8,16H,2H2,1H3. The van der Waals surface area contributed by atoms with Gasteiger partial charge in [-0.3, -0.25) is 5.21 Å². The molecule has 0 unspecified atom stereocenters. The van der Waals surface area contributed by atoms with Crippen molar-refractivity contribution in [2.45, 2.75) is 6.92 Å². The third-order valence-corrected chi connectivity index (χ3v) is 3.19. The number of nitrogens with zero attached hydrogens (tertiary/aromatic N) is 1. The number of halogens is 1. The highest BCUT2D eigenvalue weighted by Gasteiger charge is 2.21. The third-order valence-electron chi connectivity index (χ3n) is 2.51. The summed E-state index contributed by atoms with van der Waals surface area (Å²) in [5.74, 6) is 0. The topological polar surface area (TPSA) is 23.5 Å². The third kappa shape index (κ3) is 1.84. The van der Waals surface area contributed by atoms with Crippen LogP contribution in [0.3, 0.4) is 0 Å². The number of rotatable bonds is 1. The molecule has 0 radical (unpaired) electrons. The number of hydrogen-bond acceptors (Lipinski definition) is 2. The molecule has 1 aliphatic heterocycles. The van der Waals surface area contributed by atoms with Crippen LogP contribution in [-0.2, 0) is 0 Å². The van der Waals surface area contributed by atoms with E-state index in [1.807, 2.05) is 43.3 Å². The molecule has 3 heteroatoms. The molecule has 16 heavy (non-hydrogen) atoms. The molecule has 2 rings (SSSR count). The first-order valence-corrected chi connectivity index (χ1v) is 5.72. The smallest absolute Gasteiger partial charge is 0.0795 e. The fraction of sp³-hybridized carbons (Fsp3) is 0.0769. The first-order valence-electron chi connectivity index (χ1n) is 4.93. The molecule has 1 aromatic rings. The molecule has 0 atom stereocenters. The molecule has 1 heterocycles. The Balaban J connectivity index is 2.55. The van der Waals surface area contributed by atoms with Gasteiger partial charge in [-0.25, -0.2) is 5.06 Å². The van der Waals surface area contributed by atoms with Crippen molar-refractivity contribution in [3.8, 4) is 0 Å². The predicted octanol–water partition coefficient (Wildman–Crippen LogP) is 3.91. The lowest BCUT2D eigenvalue weighted by Gasteiger charge is -2.27. The second-order valence-corrected chi connectivity index (χ2v) is 4.50. The zero-order valence-corrected chi connectivity index (χ0v) is 10.5. The summed E-state index contributed by atoms with van der Waals surface area (Å²) in [5.41, 5.74) is 3.28. The number of allylic oxidation sites excluding steroid dienone is 3. The van der Waals surface area contributed by atoms with E-state index in [2.05, 4.69) is 22.5 Å². The molecule has 2 nitrogen and oxygen atoms in total. The van der Waals surface area contributed by atoms with Crippen LogP contribution in [0.4, 0.5) is 0 Å². The summed E-state index contributed by atoms with van der Waals surface area (Å²) in [6.45, 7) is 5.77. The molecule has 0 amide bonds. The summed E-state index contributed by atoms with van der Waals surface area (Å²) in [4.78, 5) is 0. The first-order chi connectivity index (χ1) is 7.61. The monoisotopic (exact) mass is 277 g/mol. The molecular weight excluding hydrogens is 266 g/mol. The maximum absolute atomic E-state index is 10.0. The van der Waals surface area contributed by atoms with Gasteiger partial charge in [-0.1, -0.05) is 36.9 Å². The van der Waals surface area contributed by atoms with Crippen molar-refractivity contribution in [3.63, 3.8) is 0 Å². The maximum atomic E-state index is 10.0. The fourth-order valence-electron chi connectivity index (χ4n) is 1.69. The van der Waals surface area contributed by atoms with Gasteiger partial charge < -0.3 is 0 Å². The second-order valence-electron chi connectivity index (χ2n) is 3.65. The molecular formula is C13H12BrNO. The largest absolute Gasteiger partial charge is 0.283 e. The Morgan fingerprint density at radius 3 is 2.50 bits per heavy atom. The van der Waals surface area contributed by atoms with Crippen molar-refractivity contribution >= 4 is 21.6 Å². The first kappa shape index (κ1) is 11.2. The second kappa shape index (κ2) is 4.28. The minimum absolute atomic E-state index is 0.546. The highest BCUT2D eigenvalue weighted by Crippen LogP contribution is 2.35. The molecule has 0 spiro atoms. The van der Waals surface area contributed by atoms with Crippen LogP contribution >= 0.6 is 15.9 Å². The van der Waals surface area contributed by atoms with Crippen LogP contribution in [0.2, 0.25) is 0 Å². The summed E-state index contributed by atoms with van der Waals surface area (Å²) in [6, 6.07) is 9.76. The minimum atomic E-state index is 0.546. The lowest BCUT2D eigenvalue weighted by atomic mass is 10.0. The molecule has 1 aromatic carbocycles. The van der Waals surface area contributed by atoms with Crippen LogP contribution in [0.5, 0.6) is 0 Å². The van der Waals surface area contributed by atoms with E-state index in [4.69, 9.17) is 0 Å². The van der Waals surface area contributed by atoms with Crippen molar-refractivity contribution in [3.05, 3.63) is 64.3 Å². The summed E-state index contributed by atoms with van der Waals surface area (Å²) in [7, 11) is 0. The van der Waals surface area contributed by atoms with E-state index in [0.717, 1.165) is 26.4 Å². The van der Waals surface area contributed by atoms with E-state index >= 15 is 0 Å². The van der Waals surface area contributed by atoms with Gasteiger partial charge in [-0.2, -0.15) is 0 Å². The van der Waals surface area contributed by atoms with E-state index in [1.165, 1.54) is 0 Å². The normalized spacial score (nSPS) is 16.6. The molecule has 0 saturated carbocycles. The molecule has 0 bridgehead atoms. The van der Waals surface area contributed by atoms with Crippen LogP contribution < -0.4 is 0 Å². The summed E-state index contributed by atoms with van der Waals surface area (Å²) in [6.07, 6.45) is 1.96. The Hall–Kier alpha value is -1.32. The number of hydrogen-bond donors (Lipinski definition) is 1. The van der Waals surface area contributed by atoms with E-state index in [9.17, 15) is 5.21 Å². The Bertz CT molecular complexity index is 488. The molecule has 0 saturated heterocycles. The van der Waals surface area contributed by atoms with Crippen molar-refractivity contribution < 1.29 is 5.21 Å². The number of hydroxylamine groups is 2. The van der Waals surface area contributed by atoms with Gasteiger partial charge >= 0.3 is 0 Å². The highest BCUT2D eigenvalue weighted by molar-refractivity contribution is 9.12. The van der Waals surface area contributed by atoms with Gasteiger partial charge in [0.1, 0.15) is 0 Å². The molecule has 1 N–H and O–H groups in total.